The number of nitrogens with zero attached hydrogens (tertiary/aromatic N) is 7. The summed E-state index contributed by atoms with van der Waals surface area (Å²) < 4.78 is 19.7. The Hall–Kier alpha value is -5.72. The van der Waals surface area contributed by atoms with Gasteiger partial charge in [0.15, 0.2) is 11.6 Å². The van der Waals surface area contributed by atoms with Crippen LogP contribution in [-0.2, 0) is 20.9 Å². The number of hydrogen-bond acceptors (Lipinski definition) is 14. The Kier molecular flexibility index (Phi) is 14.0. The van der Waals surface area contributed by atoms with Crippen molar-refractivity contribution < 1.29 is 28.7 Å². The third kappa shape index (κ3) is 9.90. The van der Waals surface area contributed by atoms with Gasteiger partial charge in [-0.2, -0.15) is 0 Å². The number of benzene rings is 2. The zero-order chi connectivity index (χ0) is 47.8. The summed E-state index contributed by atoms with van der Waals surface area (Å²) in [5, 5.41) is 32.0. The molecule has 1 saturated carbocycles. The first-order valence-electron chi connectivity index (χ1n) is 23.0. The number of nitrogens with one attached hydrogen (secondary N) is 2. The van der Waals surface area contributed by atoms with E-state index in [0.29, 0.717) is 54.7 Å². The van der Waals surface area contributed by atoms with Crippen LogP contribution in [0.1, 0.15) is 102 Å². The van der Waals surface area contributed by atoms with Crippen molar-refractivity contribution in [2.45, 2.75) is 110 Å². The molecule has 0 unspecified atom stereocenters. The van der Waals surface area contributed by atoms with Crippen molar-refractivity contribution in [1.29, 1.82) is 0 Å². The maximum atomic E-state index is 14.2. The lowest BCUT2D eigenvalue weighted by atomic mass is 9.89. The summed E-state index contributed by atoms with van der Waals surface area (Å²) in [6.45, 7) is 17.6. The van der Waals surface area contributed by atoms with E-state index in [-0.39, 0.29) is 55.3 Å². The monoisotopic (exact) mass is 977 g/mol. The number of aryl methyl sites for hydroxylation is 3. The smallest absolute Gasteiger partial charge is 0.254 e. The first-order chi connectivity index (χ1) is 32.7. The molecule has 1 saturated heterocycles. The number of ether oxygens (including phenoxy) is 2. The Morgan fingerprint density at radius 2 is 1.76 bits per heavy atom. The van der Waals surface area contributed by atoms with Gasteiger partial charge in [-0.15, -0.1) is 32.9 Å². The number of likely N-dealkylation sites (tertiary alicyclic amines) is 1. The minimum atomic E-state index is -0.679. The molecule has 68 heavy (non-hydrogen) atoms. The van der Waals surface area contributed by atoms with E-state index in [2.05, 4.69) is 75.7 Å². The number of hydrogen-bond donors (Lipinski definition) is 3. The zero-order valence-corrected chi connectivity index (χ0v) is 41.4. The molecule has 2 aromatic carbocycles. The number of aromatic nitrogens is 5. The van der Waals surface area contributed by atoms with Gasteiger partial charge in [0, 0.05) is 58.3 Å². The highest BCUT2D eigenvalue weighted by Gasteiger charge is 2.42. The average molecular weight is 979 g/mol. The minimum Gasteiger partial charge on any atom is -0.473 e. The first kappa shape index (κ1) is 47.4. The number of fused-ring (bicyclic) bond motifs is 3. The Morgan fingerprint density at radius 1 is 1.01 bits per heavy atom. The van der Waals surface area contributed by atoms with E-state index in [9.17, 15) is 14.7 Å². The van der Waals surface area contributed by atoms with Gasteiger partial charge in [0.05, 0.1) is 53.1 Å². The minimum absolute atomic E-state index is 0.0329. The standard InChI is InChI=1S/C50H56ClN9O6S2/c1-26(2)44(49(63)59-24-37(61)20-40(59)28(4)52-23-32-8-10-34(11-9-32)47-29(5)53-25-67-47)41-22-43(58-66-41)65-17-16-64-38-18-36(19-38)54-42(62)21-39-48-57-56-31(7)60(48)50-45(27(3)30(6)68-50)46(55-39)33-12-14-35(51)15-13-33/h8-15,22,25-26,36-40,44,52,61H,4,16-21,23-24H2,1-3,5-7H3,(H,54,62)/t36?,37-,38?,39+,40+,44+/m1/s1. The summed E-state index contributed by atoms with van der Waals surface area (Å²) in [7, 11) is 0. The fourth-order valence-electron chi connectivity index (χ4n) is 9.25. The van der Waals surface area contributed by atoms with Gasteiger partial charge in [0.2, 0.25) is 11.8 Å². The third-order valence-electron chi connectivity index (χ3n) is 13.1. The number of carbonyl (C=O) groups is 2. The van der Waals surface area contributed by atoms with Crippen LogP contribution in [0.5, 0.6) is 5.88 Å². The lowest BCUT2D eigenvalue weighted by Crippen LogP contribution is -2.48. The van der Waals surface area contributed by atoms with Gasteiger partial charge in [0.1, 0.15) is 29.4 Å². The Labute approximate surface area is 408 Å². The molecule has 4 aromatic heterocycles. The van der Waals surface area contributed by atoms with Gasteiger partial charge in [-0.05, 0) is 80.4 Å². The molecule has 0 radical (unpaired) electrons. The quantitative estimate of drug-likeness (QED) is 0.0748. The summed E-state index contributed by atoms with van der Waals surface area (Å²) in [6, 6.07) is 16.6. The molecule has 356 valence electrons. The van der Waals surface area contributed by atoms with E-state index >= 15 is 0 Å². The normalized spacial score (nSPS) is 20.3. The van der Waals surface area contributed by atoms with Gasteiger partial charge in [0.25, 0.3) is 5.88 Å². The Morgan fingerprint density at radius 3 is 2.49 bits per heavy atom. The maximum absolute atomic E-state index is 14.2. The van der Waals surface area contributed by atoms with E-state index in [0.717, 1.165) is 54.9 Å². The summed E-state index contributed by atoms with van der Waals surface area (Å²) >= 11 is 9.56. The second-order valence-corrected chi connectivity index (χ2v) is 20.7. The topological polar surface area (TPSA) is 182 Å². The highest BCUT2D eigenvalue weighted by atomic mass is 35.5. The van der Waals surface area contributed by atoms with E-state index in [1.54, 1.807) is 33.6 Å². The van der Waals surface area contributed by atoms with E-state index in [1.165, 1.54) is 4.88 Å². The van der Waals surface area contributed by atoms with Crippen LogP contribution in [0, 0.1) is 33.6 Å². The van der Waals surface area contributed by atoms with Gasteiger partial charge in [-0.3, -0.25) is 19.1 Å². The summed E-state index contributed by atoms with van der Waals surface area (Å²) in [6.07, 6.45) is 1.12. The molecule has 2 amide bonds. The maximum Gasteiger partial charge on any atom is 0.254 e. The number of halogens is 1. The fraction of sp³-hybridized carbons (Fsp3) is 0.420. The van der Waals surface area contributed by atoms with Crippen LogP contribution < -0.4 is 15.4 Å². The van der Waals surface area contributed by atoms with Crippen LogP contribution in [0.3, 0.4) is 0 Å². The van der Waals surface area contributed by atoms with Crippen molar-refractivity contribution in [1.82, 2.24) is 40.4 Å². The first-order valence-corrected chi connectivity index (χ1v) is 25.1. The molecule has 0 spiro atoms. The molecule has 3 aliphatic rings. The number of aliphatic hydroxyl groups is 1. The van der Waals surface area contributed by atoms with Crippen molar-refractivity contribution in [2.24, 2.45) is 10.9 Å². The predicted octanol–water partition coefficient (Wildman–Crippen LogP) is 8.36. The number of aliphatic hydroxyl groups excluding tert-OH is 1. The lowest BCUT2D eigenvalue weighted by Gasteiger charge is -2.35. The predicted molar refractivity (Wildman–Crippen MR) is 263 cm³/mol. The van der Waals surface area contributed by atoms with Crippen molar-refractivity contribution in [3.63, 3.8) is 0 Å². The van der Waals surface area contributed by atoms with Gasteiger partial charge < -0.3 is 34.6 Å². The van der Waals surface area contributed by atoms with E-state index in [1.807, 2.05) is 62.0 Å². The number of thiazole rings is 1. The van der Waals surface area contributed by atoms with Crippen molar-refractivity contribution in [2.75, 3.05) is 19.8 Å². The van der Waals surface area contributed by atoms with Crippen molar-refractivity contribution in [3.8, 4) is 21.3 Å². The number of amides is 2. The number of aliphatic imine (C=N–C) groups is 1. The molecule has 2 aliphatic heterocycles. The lowest BCUT2D eigenvalue weighted by molar-refractivity contribution is -0.135. The second-order valence-electron chi connectivity index (χ2n) is 18.2. The fourth-order valence-corrected chi connectivity index (χ4v) is 11.4. The highest BCUT2D eigenvalue weighted by molar-refractivity contribution is 7.15. The van der Waals surface area contributed by atoms with Gasteiger partial charge in [-0.1, -0.05) is 68.4 Å². The van der Waals surface area contributed by atoms with Crippen LogP contribution in [0.4, 0.5) is 0 Å². The second kappa shape index (κ2) is 20.1. The molecular formula is C50H56ClN9O6S2. The van der Waals surface area contributed by atoms with Crippen molar-refractivity contribution >= 4 is 51.8 Å². The molecule has 6 aromatic rings. The molecule has 18 heteroatoms. The Bertz CT molecular complexity index is 2830. The van der Waals surface area contributed by atoms with Crippen LogP contribution in [0.15, 0.2) is 81.9 Å². The SMILES string of the molecule is C=C(NCc1ccc(-c2scnc2C)cc1)[C@@H]1C[C@@H](O)CN1C(=O)[C@H](c1cc(OCCOC2CC(NC(=O)C[C@@H]3N=C(c4ccc(Cl)cc4)c4c(sc(C)c4C)-n4c(C)nnc43)C2)no1)C(C)C. The van der Waals surface area contributed by atoms with E-state index < -0.39 is 24.1 Å². The third-order valence-corrected chi connectivity index (χ3v) is 15.5. The number of rotatable bonds is 17. The molecular weight excluding hydrogens is 922 g/mol. The van der Waals surface area contributed by atoms with Gasteiger partial charge >= 0.3 is 0 Å². The van der Waals surface area contributed by atoms with Crippen LogP contribution >= 0.6 is 34.3 Å². The summed E-state index contributed by atoms with van der Waals surface area (Å²) in [5.74, 6) is 0.957. The zero-order valence-electron chi connectivity index (χ0n) is 39.0. The largest absolute Gasteiger partial charge is 0.473 e. The molecule has 2 fully saturated rings. The molecule has 6 heterocycles. The molecule has 3 N–H and O–H groups in total. The summed E-state index contributed by atoms with van der Waals surface area (Å²) in [5.41, 5.74) is 9.60. The number of β-amino-alcohol motifs (C(OH)–C–C–N with tert-alkyl or cyclic N) is 1. The van der Waals surface area contributed by atoms with Crippen LogP contribution in [0.25, 0.3) is 15.4 Å². The molecule has 15 nitrogen and oxygen atoms in total. The molecule has 9 rings (SSSR count). The van der Waals surface area contributed by atoms with E-state index in [4.69, 9.17) is 30.6 Å². The van der Waals surface area contributed by atoms with Gasteiger partial charge in [-0.25, -0.2) is 4.98 Å². The average Bonchev–Trinajstić information content (AvgIpc) is 4.14. The molecule has 0 bridgehead atoms. The van der Waals surface area contributed by atoms with Crippen LogP contribution in [0.2, 0.25) is 5.02 Å². The Balaban J connectivity index is 0.744. The summed E-state index contributed by atoms with van der Waals surface area (Å²) in [4.78, 5) is 41.4. The molecule has 4 atom stereocenters. The number of carbonyl (C=O) groups excluding carboxylic acids is 2. The molecule has 1 aliphatic carbocycles. The van der Waals surface area contributed by atoms with Crippen molar-refractivity contribution in [3.05, 3.63) is 128 Å². The van der Waals surface area contributed by atoms with Crippen LogP contribution in [-0.4, -0.2) is 96.5 Å². The number of thiophene rings is 1. The highest BCUT2D eigenvalue weighted by Crippen LogP contribution is 2.40.